The van der Waals surface area contributed by atoms with E-state index in [1.54, 1.807) is 0 Å². The highest BCUT2D eigenvalue weighted by molar-refractivity contribution is 6.32. The Kier molecular flexibility index (Phi) is 7.48. The summed E-state index contributed by atoms with van der Waals surface area (Å²) in [6.45, 7) is 4.85. The minimum Gasteiger partial charge on any atom is -0.492 e. The quantitative estimate of drug-likeness (QED) is 0.453. The Morgan fingerprint density at radius 2 is 1.52 bits per heavy atom. The molecular weight excluding hydrogens is 304 g/mol. The summed E-state index contributed by atoms with van der Waals surface area (Å²) < 4.78 is 5.49. The van der Waals surface area contributed by atoms with Gasteiger partial charge >= 0.3 is 0 Å². The topological polar surface area (TPSA) is 9.23 Å². The summed E-state index contributed by atoms with van der Waals surface area (Å²) in [5.41, 5.74) is 3.75. The van der Waals surface area contributed by atoms with Gasteiger partial charge in [0.1, 0.15) is 5.75 Å². The van der Waals surface area contributed by atoms with Gasteiger partial charge in [-0.1, -0.05) is 74.5 Å². The van der Waals surface area contributed by atoms with Gasteiger partial charge in [0.15, 0.2) is 0 Å². The highest BCUT2D eigenvalue weighted by atomic mass is 35.5. The standard InChI is InChI=1S/C21H27ClO/c1-3-5-6-7-8-9-17-10-12-18(13-11-17)19-14-15-21(23-4-2)20(22)16-19/h10-16H,3-9H2,1-2H3. The molecule has 0 bridgehead atoms. The van der Waals surface area contributed by atoms with Gasteiger partial charge in [0.25, 0.3) is 0 Å². The predicted molar refractivity (Wildman–Crippen MR) is 101 cm³/mol. The van der Waals surface area contributed by atoms with E-state index in [9.17, 15) is 0 Å². The molecule has 124 valence electrons. The maximum Gasteiger partial charge on any atom is 0.137 e. The van der Waals surface area contributed by atoms with Gasteiger partial charge in [-0.25, -0.2) is 0 Å². The molecule has 0 aliphatic carbocycles. The molecular formula is C21H27ClO. The van der Waals surface area contributed by atoms with E-state index in [0.717, 1.165) is 11.3 Å². The van der Waals surface area contributed by atoms with Gasteiger partial charge < -0.3 is 4.74 Å². The molecule has 0 saturated carbocycles. The second kappa shape index (κ2) is 9.62. The SMILES string of the molecule is CCCCCCCc1ccc(-c2ccc(OCC)c(Cl)c2)cc1. The molecule has 0 amide bonds. The summed E-state index contributed by atoms with van der Waals surface area (Å²) in [5.74, 6) is 0.751. The van der Waals surface area contributed by atoms with Gasteiger partial charge in [-0.3, -0.25) is 0 Å². The number of hydrogen-bond acceptors (Lipinski definition) is 1. The lowest BCUT2D eigenvalue weighted by Crippen LogP contribution is -1.92. The molecule has 0 aromatic heterocycles. The highest BCUT2D eigenvalue weighted by Gasteiger charge is 2.04. The van der Waals surface area contributed by atoms with Crippen molar-refractivity contribution in [3.63, 3.8) is 0 Å². The molecule has 23 heavy (non-hydrogen) atoms. The van der Waals surface area contributed by atoms with Crippen molar-refractivity contribution < 1.29 is 4.74 Å². The number of hydrogen-bond donors (Lipinski definition) is 0. The van der Waals surface area contributed by atoms with Crippen LogP contribution in [0.15, 0.2) is 42.5 Å². The Morgan fingerprint density at radius 1 is 0.826 bits per heavy atom. The van der Waals surface area contributed by atoms with Gasteiger partial charge in [-0.2, -0.15) is 0 Å². The fourth-order valence-corrected chi connectivity index (χ4v) is 2.98. The van der Waals surface area contributed by atoms with Crippen LogP contribution in [0.4, 0.5) is 0 Å². The smallest absolute Gasteiger partial charge is 0.137 e. The summed E-state index contributed by atoms with van der Waals surface area (Å²) in [6.07, 6.45) is 7.82. The average molecular weight is 331 g/mol. The van der Waals surface area contributed by atoms with Gasteiger partial charge in [0.2, 0.25) is 0 Å². The van der Waals surface area contributed by atoms with Crippen LogP contribution in [-0.2, 0) is 6.42 Å². The van der Waals surface area contributed by atoms with Crippen molar-refractivity contribution in [2.24, 2.45) is 0 Å². The molecule has 1 nitrogen and oxygen atoms in total. The molecule has 0 aliphatic rings. The zero-order valence-corrected chi connectivity index (χ0v) is 15.0. The Bertz CT molecular complexity index is 589. The van der Waals surface area contributed by atoms with Crippen LogP contribution in [0.1, 0.15) is 51.5 Å². The van der Waals surface area contributed by atoms with Crippen molar-refractivity contribution in [3.8, 4) is 16.9 Å². The van der Waals surface area contributed by atoms with Crippen molar-refractivity contribution in [3.05, 3.63) is 53.1 Å². The lowest BCUT2D eigenvalue weighted by atomic mass is 10.0. The normalized spacial score (nSPS) is 10.7. The van der Waals surface area contributed by atoms with Gasteiger partial charge in [-0.15, -0.1) is 0 Å². The molecule has 0 spiro atoms. The van der Waals surface area contributed by atoms with Crippen LogP contribution in [0.25, 0.3) is 11.1 Å². The molecule has 0 N–H and O–H groups in total. The molecule has 0 atom stereocenters. The van der Waals surface area contributed by atoms with Crippen molar-refractivity contribution in [1.82, 2.24) is 0 Å². The van der Waals surface area contributed by atoms with Gasteiger partial charge in [0.05, 0.1) is 11.6 Å². The fraction of sp³-hybridized carbons (Fsp3) is 0.429. The number of benzene rings is 2. The third-order valence-corrected chi connectivity index (χ3v) is 4.38. The van der Waals surface area contributed by atoms with Crippen molar-refractivity contribution in [2.75, 3.05) is 6.61 Å². The van der Waals surface area contributed by atoms with E-state index in [1.165, 1.54) is 49.7 Å². The number of aryl methyl sites for hydroxylation is 1. The van der Waals surface area contributed by atoms with E-state index in [-0.39, 0.29) is 0 Å². The van der Waals surface area contributed by atoms with Crippen LogP contribution in [0.3, 0.4) is 0 Å². The predicted octanol–water partition coefficient (Wildman–Crippen LogP) is 6.92. The maximum atomic E-state index is 6.27. The van der Waals surface area contributed by atoms with Crippen LogP contribution in [0, 0.1) is 0 Å². The minimum absolute atomic E-state index is 0.631. The van der Waals surface area contributed by atoms with E-state index < -0.39 is 0 Å². The number of unbranched alkanes of at least 4 members (excludes halogenated alkanes) is 4. The highest BCUT2D eigenvalue weighted by Crippen LogP contribution is 2.30. The van der Waals surface area contributed by atoms with E-state index >= 15 is 0 Å². The first-order valence-corrected chi connectivity index (χ1v) is 9.14. The minimum atomic E-state index is 0.631. The zero-order chi connectivity index (χ0) is 16.5. The van der Waals surface area contributed by atoms with Crippen LogP contribution < -0.4 is 4.74 Å². The summed E-state index contributed by atoms with van der Waals surface area (Å²) in [6, 6.07) is 14.8. The molecule has 0 radical (unpaired) electrons. The van der Waals surface area contributed by atoms with E-state index in [0.29, 0.717) is 11.6 Å². The van der Waals surface area contributed by atoms with E-state index in [2.05, 4.69) is 37.3 Å². The lowest BCUT2D eigenvalue weighted by Gasteiger charge is -2.09. The van der Waals surface area contributed by atoms with Crippen LogP contribution >= 0.6 is 11.6 Å². The second-order valence-corrected chi connectivity index (χ2v) is 6.35. The molecule has 0 fully saturated rings. The van der Waals surface area contributed by atoms with Crippen LogP contribution in [0.5, 0.6) is 5.75 Å². The Hall–Kier alpha value is -1.47. The van der Waals surface area contributed by atoms with Crippen molar-refractivity contribution in [2.45, 2.75) is 52.4 Å². The molecule has 0 saturated heterocycles. The number of halogens is 1. The summed E-state index contributed by atoms with van der Waals surface area (Å²) >= 11 is 6.27. The van der Waals surface area contributed by atoms with Gasteiger partial charge in [0, 0.05) is 0 Å². The first-order valence-electron chi connectivity index (χ1n) is 8.76. The summed E-state index contributed by atoms with van der Waals surface area (Å²) in [4.78, 5) is 0. The third-order valence-electron chi connectivity index (χ3n) is 4.09. The first kappa shape index (κ1) is 17.9. The number of ether oxygens (including phenoxy) is 1. The number of rotatable bonds is 9. The molecule has 2 heteroatoms. The fourth-order valence-electron chi connectivity index (χ4n) is 2.75. The molecule has 0 aliphatic heterocycles. The Morgan fingerprint density at radius 3 is 2.17 bits per heavy atom. The monoisotopic (exact) mass is 330 g/mol. The first-order chi connectivity index (χ1) is 11.2. The van der Waals surface area contributed by atoms with Crippen LogP contribution in [-0.4, -0.2) is 6.61 Å². The molecule has 0 unspecified atom stereocenters. The lowest BCUT2D eigenvalue weighted by molar-refractivity contribution is 0.340. The largest absolute Gasteiger partial charge is 0.492 e. The van der Waals surface area contributed by atoms with Crippen molar-refractivity contribution in [1.29, 1.82) is 0 Å². The zero-order valence-electron chi connectivity index (χ0n) is 14.3. The van der Waals surface area contributed by atoms with Gasteiger partial charge in [-0.05, 0) is 48.6 Å². The summed E-state index contributed by atoms with van der Waals surface area (Å²) in [7, 11) is 0. The van der Waals surface area contributed by atoms with E-state index in [4.69, 9.17) is 16.3 Å². The Labute approximate surface area is 145 Å². The molecule has 2 rings (SSSR count). The average Bonchev–Trinajstić information content (AvgIpc) is 2.57. The third kappa shape index (κ3) is 5.58. The van der Waals surface area contributed by atoms with E-state index in [1.807, 2.05) is 19.1 Å². The Balaban J connectivity index is 1.95. The molecule has 2 aromatic carbocycles. The van der Waals surface area contributed by atoms with Crippen LogP contribution in [0.2, 0.25) is 5.02 Å². The second-order valence-electron chi connectivity index (χ2n) is 5.94. The summed E-state index contributed by atoms with van der Waals surface area (Å²) in [5, 5.41) is 0.671. The molecule has 0 heterocycles. The van der Waals surface area contributed by atoms with Crippen molar-refractivity contribution >= 4 is 11.6 Å². The molecule has 2 aromatic rings. The maximum absolute atomic E-state index is 6.27.